The molecule has 0 radical (unpaired) electrons. The highest BCUT2D eigenvalue weighted by Gasteiger charge is 2.31. The van der Waals surface area contributed by atoms with Crippen LogP contribution in [0.25, 0.3) is 0 Å². The molecular weight excluding hydrogens is 278 g/mol. The molecule has 0 spiro atoms. The lowest BCUT2D eigenvalue weighted by atomic mass is 10.2. The van der Waals surface area contributed by atoms with Crippen LogP contribution in [0.1, 0.15) is 37.0 Å². The van der Waals surface area contributed by atoms with Crippen LogP contribution < -0.4 is 0 Å². The number of aromatic carboxylic acids is 1. The van der Waals surface area contributed by atoms with Gasteiger partial charge in [-0.2, -0.15) is 0 Å². The molecular formula is C12H14F2O4S. The third-order valence-corrected chi connectivity index (χ3v) is 5.40. The second-order valence-electron chi connectivity index (χ2n) is 4.02. The molecule has 106 valence electrons. The summed E-state index contributed by atoms with van der Waals surface area (Å²) >= 11 is 0. The van der Waals surface area contributed by atoms with Crippen LogP contribution in [0.15, 0.2) is 17.0 Å². The highest BCUT2D eigenvalue weighted by molar-refractivity contribution is 7.92. The Hall–Kier alpha value is -1.50. The number of carboxylic acids is 1. The molecule has 0 fully saturated rings. The number of carboxylic acid groups (broad SMARTS) is 1. The first kappa shape index (κ1) is 15.6. The molecule has 0 saturated heterocycles. The molecule has 0 aromatic heterocycles. The first-order chi connectivity index (χ1) is 8.77. The van der Waals surface area contributed by atoms with Crippen LogP contribution >= 0.6 is 0 Å². The molecule has 0 unspecified atom stereocenters. The summed E-state index contributed by atoms with van der Waals surface area (Å²) in [6.07, 6.45) is 0.524. The Kier molecular flexibility index (Phi) is 4.62. The summed E-state index contributed by atoms with van der Waals surface area (Å²) < 4.78 is 51.4. The minimum atomic E-state index is -4.01. The van der Waals surface area contributed by atoms with Gasteiger partial charge < -0.3 is 5.11 Å². The van der Waals surface area contributed by atoms with Gasteiger partial charge >= 0.3 is 5.97 Å². The number of carbonyl (C=O) groups is 1. The molecule has 1 aromatic carbocycles. The van der Waals surface area contributed by atoms with Crippen LogP contribution in [0, 0.1) is 11.6 Å². The van der Waals surface area contributed by atoms with E-state index < -0.39 is 43.1 Å². The molecule has 0 atom stereocenters. The highest BCUT2D eigenvalue weighted by Crippen LogP contribution is 2.26. The molecule has 19 heavy (non-hydrogen) atoms. The molecule has 0 aliphatic heterocycles. The molecule has 0 heterocycles. The van der Waals surface area contributed by atoms with Gasteiger partial charge in [0.2, 0.25) is 0 Å². The summed E-state index contributed by atoms with van der Waals surface area (Å²) in [4.78, 5) is 9.99. The lowest BCUT2D eigenvalue weighted by Crippen LogP contribution is -2.22. The third-order valence-electron chi connectivity index (χ3n) is 2.93. The summed E-state index contributed by atoms with van der Waals surface area (Å²) in [5, 5.41) is 7.89. The predicted octanol–water partition coefficient (Wildman–Crippen LogP) is 2.63. The average molecular weight is 292 g/mol. The van der Waals surface area contributed by atoms with E-state index in [9.17, 15) is 22.0 Å². The van der Waals surface area contributed by atoms with Gasteiger partial charge in [0.25, 0.3) is 0 Å². The van der Waals surface area contributed by atoms with E-state index in [1.807, 2.05) is 0 Å². The Morgan fingerprint density at radius 3 is 2.21 bits per heavy atom. The Balaban J connectivity index is 3.54. The molecule has 0 aliphatic rings. The van der Waals surface area contributed by atoms with E-state index in [4.69, 9.17) is 5.11 Å². The zero-order valence-electron chi connectivity index (χ0n) is 10.5. The summed E-state index contributed by atoms with van der Waals surface area (Å²) in [7, 11) is -4.01. The van der Waals surface area contributed by atoms with E-state index in [1.165, 1.54) is 0 Å². The number of halogens is 2. The van der Waals surface area contributed by atoms with Crippen LogP contribution in [0.4, 0.5) is 8.78 Å². The van der Waals surface area contributed by atoms with E-state index in [0.29, 0.717) is 6.07 Å². The topological polar surface area (TPSA) is 71.4 Å². The normalized spacial score (nSPS) is 11.8. The second kappa shape index (κ2) is 5.64. The van der Waals surface area contributed by atoms with Crippen molar-refractivity contribution in [3.63, 3.8) is 0 Å². The smallest absolute Gasteiger partial charge is 0.341 e. The number of benzene rings is 1. The fourth-order valence-corrected chi connectivity index (χ4v) is 3.70. The van der Waals surface area contributed by atoms with Crippen molar-refractivity contribution in [1.29, 1.82) is 0 Å². The van der Waals surface area contributed by atoms with Gasteiger partial charge in [0.15, 0.2) is 15.7 Å². The van der Waals surface area contributed by atoms with Gasteiger partial charge in [-0.15, -0.1) is 0 Å². The fraction of sp³-hybridized carbons (Fsp3) is 0.417. The molecule has 4 nitrogen and oxygen atoms in total. The number of hydrogen-bond donors (Lipinski definition) is 1. The first-order valence-electron chi connectivity index (χ1n) is 5.72. The van der Waals surface area contributed by atoms with Gasteiger partial charge in [-0.25, -0.2) is 22.0 Å². The zero-order chi connectivity index (χ0) is 14.8. The van der Waals surface area contributed by atoms with Gasteiger partial charge in [0, 0.05) is 0 Å². The minimum Gasteiger partial charge on any atom is -0.477 e. The van der Waals surface area contributed by atoms with Crippen molar-refractivity contribution in [1.82, 2.24) is 0 Å². The quantitative estimate of drug-likeness (QED) is 0.847. The van der Waals surface area contributed by atoms with E-state index >= 15 is 0 Å². The van der Waals surface area contributed by atoms with Crippen molar-refractivity contribution in [3.8, 4) is 0 Å². The third kappa shape index (κ3) is 2.75. The minimum absolute atomic E-state index is 0.262. The Morgan fingerprint density at radius 1 is 1.26 bits per heavy atom. The van der Waals surface area contributed by atoms with Crippen LogP contribution in [0.5, 0.6) is 0 Å². The molecule has 0 amide bonds. The Morgan fingerprint density at radius 2 is 1.79 bits per heavy atom. The van der Waals surface area contributed by atoms with Gasteiger partial charge in [-0.05, 0) is 25.0 Å². The number of sulfone groups is 1. The van der Waals surface area contributed by atoms with Crippen LogP contribution in [-0.4, -0.2) is 24.7 Å². The van der Waals surface area contributed by atoms with Crippen molar-refractivity contribution in [2.45, 2.75) is 36.8 Å². The summed E-state index contributed by atoms with van der Waals surface area (Å²) in [5.41, 5.74) is -1.24. The maximum Gasteiger partial charge on any atom is 0.341 e. The van der Waals surface area contributed by atoms with Gasteiger partial charge in [0.1, 0.15) is 16.3 Å². The Labute approximate surface area is 110 Å². The van der Waals surface area contributed by atoms with E-state index in [0.717, 1.165) is 6.07 Å². The lowest BCUT2D eigenvalue weighted by molar-refractivity contribution is 0.0685. The second-order valence-corrected chi connectivity index (χ2v) is 6.22. The van der Waals surface area contributed by atoms with Gasteiger partial charge in [-0.1, -0.05) is 13.8 Å². The highest BCUT2D eigenvalue weighted by atomic mass is 32.2. The van der Waals surface area contributed by atoms with Gasteiger partial charge in [-0.3, -0.25) is 0 Å². The summed E-state index contributed by atoms with van der Waals surface area (Å²) in [6.45, 7) is 3.26. The van der Waals surface area contributed by atoms with Crippen molar-refractivity contribution < 1.29 is 27.1 Å². The number of hydrogen-bond acceptors (Lipinski definition) is 3. The fourth-order valence-electron chi connectivity index (χ4n) is 1.86. The molecule has 1 N–H and O–H groups in total. The zero-order valence-corrected chi connectivity index (χ0v) is 11.3. The van der Waals surface area contributed by atoms with Crippen LogP contribution in [0.3, 0.4) is 0 Å². The van der Waals surface area contributed by atoms with E-state index in [1.54, 1.807) is 13.8 Å². The molecule has 0 saturated carbocycles. The SMILES string of the molecule is CCC(CC)S(=O)(=O)c1ccc(F)c(C(=O)O)c1F. The molecule has 1 aromatic rings. The number of rotatable bonds is 5. The lowest BCUT2D eigenvalue weighted by Gasteiger charge is -2.15. The maximum atomic E-state index is 13.9. The van der Waals surface area contributed by atoms with Crippen molar-refractivity contribution in [2.24, 2.45) is 0 Å². The molecule has 7 heteroatoms. The van der Waals surface area contributed by atoms with Crippen LogP contribution in [0.2, 0.25) is 0 Å². The van der Waals surface area contributed by atoms with Crippen LogP contribution in [-0.2, 0) is 9.84 Å². The van der Waals surface area contributed by atoms with Crippen molar-refractivity contribution in [2.75, 3.05) is 0 Å². The predicted molar refractivity (Wildman–Crippen MR) is 64.9 cm³/mol. The monoisotopic (exact) mass is 292 g/mol. The van der Waals surface area contributed by atoms with Crippen molar-refractivity contribution in [3.05, 3.63) is 29.3 Å². The largest absolute Gasteiger partial charge is 0.477 e. The maximum absolute atomic E-state index is 13.9. The standard InChI is InChI=1S/C12H14F2O4S/c1-3-7(4-2)19(17,18)9-6-5-8(13)10(11(9)14)12(15)16/h5-7H,3-4H2,1-2H3,(H,15,16). The van der Waals surface area contributed by atoms with E-state index in [2.05, 4.69) is 0 Å². The first-order valence-corrected chi connectivity index (χ1v) is 7.27. The Bertz CT molecular complexity index is 592. The molecule has 0 aliphatic carbocycles. The van der Waals surface area contributed by atoms with E-state index in [-0.39, 0.29) is 12.8 Å². The molecule has 1 rings (SSSR count). The van der Waals surface area contributed by atoms with Gasteiger partial charge in [0.05, 0.1) is 5.25 Å². The summed E-state index contributed by atoms with van der Waals surface area (Å²) in [6, 6.07) is 1.42. The van der Waals surface area contributed by atoms with Crippen molar-refractivity contribution >= 4 is 15.8 Å². The molecule has 0 bridgehead atoms. The average Bonchev–Trinajstić information content (AvgIpc) is 2.29. The summed E-state index contributed by atoms with van der Waals surface area (Å²) in [5.74, 6) is -4.68.